The highest BCUT2D eigenvalue weighted by molar-refractivity contribution is 5.93. The Bertz CT molecular complexity index is 1120. The average Bonchev–Trinajstić information content (AvgIpc) is 3.43. The van der Waals surface area contributed by atoms with Gasteiger partial charge < -0.3 is 9.30 Å². The van der Waals surface area contributed by atoms with E-state index in [0.29, 0.717) is 18.8 Å². The summed E-state index contributed by atoms with van der Waals surface area (Å²) in [5.74, 6) is 0.00846. The average molecular weight is 386 g/mol. The number of benzene rings is 1. The number of hydrogen-bond acceptors (Lipinski definition) is 4. The van der Waals surface area contributed by atoms with Crippen molar-refractivity contribution in [1.29, 1.82) is 0 Å². The van der Waals surface area contributed by atoms with Gasteiger partial charge in [-0.3, -0.25) is 14.8 Å². The Morgan fingerprint density at radius 2 is 1.79 bits per heavy atom. The summed E-state index contributed by atoms with van der Waals surface area (Å²) in [7, 11) is 0. The van der Waals surface area contributed by atoms with E-state index in [1.54, 1.807) is 0 Å². The second kappa shape index (κ2) is 7.52. The summed E-state index contributed by atoms with van der Waals surface area (Å²) in [5.41, 5.74) is 4.46. The van der Waals surface area contributed by atoms with Gasteiger partial charge in [0, 0.05) is 44.5 Å². The zero-order valence-corrected chi connectivity index (χ0v) is 16.0. The monoisotopic (exact) mass is 386 g/mol. The van der Waals surface area contributed by atoms with Crippen LogP contribution in [0.15, 0.2) is 67.0 Å². The van der Waals surface area contributed by atoms with Crippen molar-refractivity contribution in [2.75, 3.05) is 26.2 Å². The molecule has 7 heteroatoms. The Labute approximate surface area is 168 Å². The number of imidazole rings is 1. The third kappa shape index (κ3) is 3.52. The van der Waals surface area contributed by atoms with Gasteiger partial charge in [0.1, 0.15) is 11.3 Å². The van der Waals surface area contributed by atoms with Crippen molar-refractivity contribution in [3.8, 4) is 11.3 Å². The van der Waals surface area contributed by atoms with Gasteiger partial charge in [0.2, 0.25) is 0 Å². The quantitative estimate of drug-likeness (QED) is 0.585. The van der Waals surface area contributed by atoms with Crippen molar-refractivity contribution in [2.45, 2.75) is 6.54 Å². The van der Waals surface area contributed by atoms with Gasteiger partial charge in [0.05, 0.1) is 17.6 Å². The summed E-state index contributed by atoms with van der Waals surface area (Å²) in [5, 5.41) is 7.21. The maximum atomic E-state index is 12.9. The first-order valence-electron chi connectivity index (χ1n) is 9.81. The van der Waals surface area contributed by atoms with E-state index in [-0.39, 0.29) is 5.91 Å². The van der Waals surface area contributed by atoms with Crippen LogP contribution in [0.25, 0.3) is 16.9 Å². The van der Waals surface area contributed by atoms with Crippen LogP contribution in [0.1, 0.15) is 16.2 Å². The Hall–Kier alpha value is -3.45. The zero-order valence-electron chi connectivity index (χ0n) is 16.0. The molecule has 3 aromatic heterocycles. The molecule has 1 aromatic carbocycles. The number of H-pyrrole nitrogens is 1. The highest BCUT2D eigenvalue weighted by atomic mass is 16.2. The molecule has 5 rings (SSSR count). The van der Waals surface area contributed by atoms with Gasteiger partial charge >= 0.3 is 0 Å². The first-order valence-corrected chi connectivity index (χ1v) is 9.81. The van der Waals surface area contributed by atoms with Crippen LogP contribution in [0.3, 0.4) is 0 Å². The molecule has 29 heavy (non-hydrogen) atoms. The van der Waals surface area contributed by atoms with Crippen LogP contribution in [0, 0.1) is 0 Å². The van der Waals surface area contributed by atoms with Crippen LogP contribution >= 0.6 is 0 Å². The number of fused-ring (bicyclic) bond motifs is 1. The molecule has 1 fully saturated rings. The Morgan fingerprint density at radius 3 is 2.62 bits per heavy atom. The fraction of sp³-hybridized carbons (Fsp3) is 0.227. The predicted molar refractivity (Wildman–Crippen MR) is 110 cm³/mol. The lowest BCUT2D eigenvalue weighted by Crippen LogP contribution is -2.48. The van der Waals surface area contributed by atoms with Crippen LogP contribution in [-0.2, 0) is 6.54 Å². The number of aromatic nitrogens is 4. The Balaban J connectivity index is 1.22. The molecule has 0 bridgehead atoms. The number of pyridine rings is 1. The molecule has 0 aliphatic carbocycles. The molecule has 0 atom stereocenters. The van der Waals surface area contributed by atoms with Gasteiger partial charge in [-0.15, -0.1) is 0 Å². The summed E-state index contributed by atoms with van der Waals surface area (Å²) < 4.78 is 2.12. The topological polar surface area (TPSA) is 69.5 Å². The summed E-state index contributed by atoms with van der Waals surface area (Å²) in [4.78, 5) is 21.6. The smallest absolute Gasteiger partial charge is 0.271 e. The lowest BCUT2D eigenvalue weighted by atomic mass is 10.1. The minimum absolute atomic E-state index is 0.00846. The van der Waals surface area contributed by atoms with E-state index in [1.165, 1.54) is 5.69 Å². The molecule has 0 saturated carbocycles. The minimum atomic E-state index is 0.00846. The molecule has 4 aromatic rings. The number of rotatable bonds is 4. The van der Waals surface area contributed by atoms with Crippen LogP contribution in [0.4, 0.5) is 0 Å². The van der Waals surface area contributed by atoms with Crippen molar-refractivity contribution in [3.63, 3.8) is 0 Å². The van der Waals surface area contributed by atoms with E-state index >= 15 is 0 Å². The molecular formula is C22H22N6O. The van der Waals surface area contributed by atoms with Crippen molar-refractivity contribution in [2.24, 2.45) is 0 Å². The predicted octanol–water partition coefficient (Wildman–Crippen LogP) is 2.68. The number of aromatic amines is 1. The van der Waals surface area contributed by atoms with Gasteiger partial charge in [0.15, 0.2) is 0 Å². The molecule has 0 unspecified atom stereocenters. The highest BCUT2D eigenvalue weighted by Crippen LogP contribution is 2.18. The van der Waals surface area contributed by atoms with Crippen molar-refractivity contribution >= 4 is 11.6 Å². The molecule has 0 spiro atoms. The number of piperazine rings is 1. The van der Waals surface area contributed by atoms with Gasteiger partial charge in [-0.1, -0.05) is 36.4 Å². The molecule has 1 amide bonds. The van der Waals surface area contributed by atoms with Crippen molar-refractivity contribution < 1.29 is 4.79 Å². The zero-order chi connectivity index (χ0) is 19.6. The lowest BCUT2D eigenvalue weighted by Gasteiger charge is -2.34. The molecule has 1 aliphatic heterocycles. The number of carbonyl (C=O) groups excluding carboxylic acids is 1. The van der Waals surface area contributed by atoms with E-state index in [0.717, 1.165) is 36.5 Å². The Morgan fingerprint density at radius 1 is 1.00 bits per heavy atom. The summed E-state index contributed by atoms with van der Waals surface area (Å²) in [6.07, 6.45) is 3.97. The SMILES string of the molecule is O=C(c1cc(-c2ccccc2)n[nH]1)N1CCN(Cc2cnc3ccccn23)CC1. The van der Waals surface area contributed by atoms with Crippen molar-refractivity contribution in [1.82, 2.24) is 29.4 Å². The molecule has 1 N–H and O–H groups in total. The molecule has 146 valence electrons. The summed E-state index contributed by atoms with van der Waals surface area (Å²) >= 11 is 0. The maximum Gasteiger partial charge on any atom is 0.271 e. The summed E-state index contributed by atoms with van der Waals surface area (Å²) in [6.45, 7) is 3.91. The van der Waals surface area contributed by atoms with Gasteiger partial charge in [-0.05, 0) is 18.2 Å². The first kappa shape index (κ1) is 17.6. The molecule has 1 aliphatic rings. The normalized spacial score (nSPS) is 15.1. The molecule has 4 heterocycles. The third-order valence-electron chi connectivity index (χ3n) is 5.42. The van der Waals surface area contributed by atoms with Crippen LogP contribution in [-0.4, -0.2) is 61.5 Å². The lowest BCUT2D eigenvalue weighted by molar-refractivity contribution is 0.0621. The van der Waals surface area contributed by atoms with Crippen molar-refractivity contribution in [3.05, 3.63) is 78.4 Å². The third-order valence-corrected chi connectivity index (χ3v) is 5.42. The van der Waals surface area contributed by atoms with Gasteiger partial charge in [0.25, 0.3) is 5.91 Å². The minimum Gasteiger partial charge on any atom is -0.335 e. The Kier molecular flexibility index (Phi) is 4.57. The van der Waals surface area contributed by atoms with Crippen LogP contribution in [0.2, 0.25) is 0 Å². The van der Waals surface area contributed by atoms with E-state index in [9.17, 15) is 4.79 Å². The van der Waals surface area contributed by atoms with E-state index < -0.39 is 0 Å². The highest BCUT2D eigenvalue weighted by Gasteiger charge is 2.24. The molecular weight excluding hydrogens is 364 g/mol. The first-order chi connectivity index (χ1) is 14.3. The maximum absolute atomic E-state index is 12.9. The van der Waals surface area contributed by atoms with Crippen LogP contribution < -0.4 is 0 Å². The number of hydrogen-bond donors (Lipinski definition) is 1. The van der Waals surface area contributed by atoms with Crippen LogP contribution in [0.5, 0.6) is 0 Å². The number of nitrogens with one attached hydrogen (secondary N) is 1. The van der Waals surface area contributed by atoms with Gasteiger partial charge in [-0.25, -0.2) is 4.98 Å². The second-order valence-electron chi connectivity index (χ2n) is 7.28. The number of carbonyl (C=O) groups is 1. The van der Waals surface area contributed by atoms with E-state index in [2.05, 4.69) is 24.5 Å². The standard InChI is InChI=1S/C22H22N6O/c29-22(20-14-19(24-25-20)17-6-2-1-3-7-17)27-12-10-26(11-13-27)16-18-15-23-21-8-4-5-9-28(18)21/h1-9,14-15H,10-13,16H2,(H,24,25). The van der Waals surface area contributed by atoms with E-state index in [1.807, 2.05) is 71.9 Å². The second-order valence-corrected chi connectivity index (χ2v) is 7.28. The molecule has 7 nitrogen and oxygen atoms in total. The fourth-order valence-corrected chi connectivity index (χ4v) is 3.80. The summed E-state index contributed by atoms with van der Waals surface area (Å²) in [6, 6.07) is 17.7. The van der Waals surface area contributed by atoms with Gasteiger partial charge in [-0.2, -0.15) is 5.10 Å². The molecule has 1 saturated heterocycles. The largest absolute Gasteiger partial charge is 0.335 e. The molecule has 0 radical (unpaired) electrons. The number of amides is 1. The fourth-order valence-electron chi connectivity index (χ4n) is 3.80. The van der Waals surface area contributed by atoms with E-state index in [4.69, 9.17) is 0 Å². The number of nitrogens with zero attached hydrogens (tertiary/aromatic N) is 5.